The topological polar surface area (TPSA) is 68.3 Å². The third-order valence-corrected chi connectivity index (χ3v) is 6.26. The van der Waals surface area contributed by atoms with Crippen molar-refractivity contribution < 1.29 is 14.3 Å². The Morgan fingerprint density at radius 2 is 1.45 bits per heavy atom. The largest absolute Gasteiger partial charge is 0.465 e. The Morgan fingerprint density at radius 3 is 2.09 bits per heavy atom. The van der Waals surface area contributed by atoms with Crippen LogP contribution in [-0.4, -0.2) is 24.0 Å². The van der Waals surface area contributed by atoms with Gasteiger partial charge >= 0.3 is 5.97 Å². The van der Waals surface area contributed by atoms with Crippen LogP contribution >= 0.6 is 11.3 Å². The fourth-order valence-corrected chi connectivity index (χ4v) is 4.60. The summed E-state index contributed by atoms with van der Waals surface area (Å²) in [6.07, 6.45) is 1.87. The summed E-state index contributed by atoms with van der Waals surface area (Å²) in [7, 11) is 1.33. The Kier molecular flexibility index (Phi) is 6.95. The van der Waals surface area contributed by atoms with E-state index in [-0.39, 0.29) is 5.91 Å². The maximum atomic E-state index is 12.7. The minimum absolute atomic E-state index is 0.269. The molecule has 0 atom stereocenters. The van der Waals surface area contributed by atoms with Crippen LogP contribution in [0, 0.1) is 0 Å². The molecule has 0 aliphatic carbocycles. The number of carbonyl (C=O) groups is 2. The molecule has 0 radical (unpaired) electrons. The first-order valence-corrected chi connectivity index (χ1v) is 11.6. The van der Waals surface area contributed by atoms with Crippen molar-refractivity contribution in [3.63, 3.8) is 0 Å². The van der Waals surface area contributed by atoms with Gasteiger partial charge in [-0.3, -0.25) is 10.1 Å². The predicted octanol–water partition coefficient (Wildman–Crippen LogP) is 6.47. The molecule has 0 spiro atoms. The smallest absolute Gasteiger partial charge is 0.337 e. The lowest BCUT2D eigenvalue weighted by molar-refractivity contribution is 0.0600. The van der Waals surface area contributed by atoms with Gasteiger partial charge in [0.25, 0.3) is 5.91 Å². The summed E-state index contributed by atoms with van der Waals surface area (Å²) in [5.41, 5.74) is 5.09. The van der Waals surface area contributed by atoms with Crippen LogP contribution < -0.4 is 5.32 Å². The number of rotatable bonds is 7. The highest BCUT2D eigenvalue weighted by atomic mass is 32.1. The van der Waals surface area contributed by atoms with E-state index in [9.17, 15) is 9.59 Å². The van der Waals surface area contributed by atoms with Crippen LogP contribution in [0.3, 0.4) is 0 Å². The molecule has 0 saturated carbocycles. The van der Waals surface area contributed by atoms with E-state index < -0.39 is 5.97 Å². The number of aromatic nitrogens is 1. The Hall–Kier alpha value is -3.77. The van der Waals surface area contributed by atoms with Crippen molar-refractivity contribution in [1.82, 2.24) is 4.98 Å². The number of nitrogens with one attached hydrogen (secondary N) is 1. The number of amides is 1. The third kappa shape index (κ3) is 5.18. The summed E-state index contributed by atoms with van der Waals surface area (Å²) in [5, 5.41) is 3.46. The van der Waals surface area contributed by atoms with E-state index in [2.05, 4.69) is 48.6 Å². The van der Waals surface area contributed by atoms with E-state index in [0.717, 1.165) is 34.5 Å². The molecule has 1 aromatic heterocycles. The molecule has 0 aliphatic heterocycles. The first-order valence-electron chi connectivity index (χ1n) is 10.7. The van der Waals surface area contributed by atoms with E-state index in [0.29, 0.717) is 16.3 Å². The lowest BCUT2D eigenvalue weighted by atomic mass is 10.0. The molecule has 166 valence electrons. The molecular weight excluding hydrogens is 432 g/mol. The minimum atomic E-state index is -0.436. The van der Waals surface area contributed by atoms with Crippen LogP contribution in [0.4, 0.5) is 5.13 Å². The van der Waals surface area contributed by atoms with E-state index in [1.807, 2.05) is 18.2 Å². The average molecular weight is 457 g/mol. The van der Waals surface area contributed by atoms with Gasteiger partial charge in [-0.05, 0) is 41.8 Å². The lowest BCUT2D eigenvalue weighted by Gasteiger charge is -2.05. The van der Waals surface area contributed by atoms with E-state index in [4.69, 9.17) is 9.72 Å². The van der Waals surface area contributed by atoms with Crippen molar-refractivity contribution in [2.24, 2.45) is 0 Å². The van der Waals surface area contributed by atoms with Gasteiger partial charge in [0.05, 0.1) is 18.4 Å². The van der Waals surface area contributed by atoms with Crippen LogP contribution in [0.5, 0.6) is 0 Å². The van der Waals surface area contributed by atoms with E-state index >= 15 is 0 Å². The number of carbonyl (C=O) groups excluding carboxylic acids is 2. The minimum Gasteiger partial charge on any atom is -0.465 e. The highest BCUT2D eigenvalue weighted by Gasteiger charge is 2.16. The van der Waals surface area contributed by atoms with Crippen molar-refractivity contribution in [2.45, 2.75) is 19.8 Å². The van der Waals surface area contributed by atoms with Gasteiger partial charge in [0, 0.05) is 16.0 Å². The number of anilines is 1. The molecule has 0 bridgehead atoms. The van der Waals surface area contributed by atoms with Crippen molar-refractivity contribution in [2.75, 3.05) is 12.4 Å². The van der Waals surface area contributed by atoms with Gasteiger partial charge in [0.2, 0.25) is 0 Å². The van der Waals surface area contributed by atoms with Gasteiger partial charge in [0.1, 0.15) is 0 Å². The third-order valence-electron chi connectivity index (χ3n) is 5.23. The lowest BCUT2D eigenvalue weighted by Crippen LogP contribution is -2.12. The molecule has 1 N–H and O–H groups in total. The van der Waals surface area contributed by atoms with Crippen molar-refractivity contribution in [1.29, 1.82) is 0 Å². The number of ether oxygens (including phenoxy) is 1. The standard InChI is InChI=1S/C27H24N2O3S/c1-3-7-23-24(20-12-10-19(11-13-20)18-8-5-4-6-9-18)28-27(33-23)29-25(30)21-14-16-22(17-15-21)26(31)32-2/h4-6,8-17H,3,7H2,1-2H3,(H,28,29,30). The number of hydrogen-bond acceptors (Lipinski definition) is 5. The molecule has 0 aliphatic rings. The number of benzene rings is 3. The second kappa shape index (κ2) is 10.2. The zero-order valence-electron chi connectivity index (χ0n) is 18.5. The maximum Gasteiger partial charge on any atom is 0.337 e. The molecule has 33 heavy (non-hydrogen) atoms. The molecule has 1 heterocycles. The quantitative estimate of drug-likeness (QED) is 0.324. The van der Waals surface area contributed by atoms with Gasteiger partial charge in [0.15, 0.2) is 5.13 Å². The number of nitrogens with zero attached hydrogens (tertiary/aromatic N) is 1. The SMILES string of the molecule is CCCc1sc(NC(=O)c2ccc(C(=O)OC)cc2)nc1-c1ccc(-c2ccccc2)cc1. The van der Waals surface area contributed by atoms with Crippen LogP contribution in [0.2, 0.25) is 0 Å². The van der Waals surface area contributed by atoms with Gasteiger partial charge in [-0.15, -0.1) is 11.3 Å². The second-order valence-electron chi connectivity index (χ2n) is 7.51. The molecule has 4 aromatic rings. The Bertz CT molecular complexity index is 1250. The maximum absolute atomic E-state index is 12.7. The Balaban J connectivity index is 1.55. The molecule has 5 nitrogen and oxygen atoms in total. The summed E-state index contributed by atoms with van der Waals surface area (Å²) in [4.78, 5) is 30.2. The molecular formula is C27H24N2O3S. The monoisotopic (exact) mass is 456 g/mol. The first kappa shape index (κ1) is 22.4. The molecule has 0 saturated heterocycles. The Morgan fingerprint density at radius 1 is 0.848 bits per heavy atom. The van der Waals surface area contributed by atoms with Crippen LogP contribution in [0.1, 0.15) is 38.9 Å². The molecule has 4 rings (SSSR count). The summed E-state index contributed by atoms with van der Waals surface area (Å²) < 4.78 is 4.70. The van der Waals surface area contributed by atoms with E-state index in [1.165, 1.54) is 24.0 Å². The fourth-order valence-electron chi connectivity index (χ4n) is 3.52. The molecule has 3 aromatic carbocycles. The molecule has 0 unspecified atom stereocenters. The first-order chi connectivity index (χ1) is 16.1. The van der Waals surface area contributed by atoms with Crippen molar-refractivity contribution >= 4 is 28.3 Å². The highest BCUT2D eigenvalue weighted by Crippen LogP contribution is 2.33. The van der Waals surface area contributed by atoms with Crippen LogP contribution in [0.25, 0.3) is 22.4 Å². The van der Waals surface area contributed by atoms with Crippen molar-refractivity contribution in [3.8, 4) is 22.4 Å². The fraction of sp³-hybridized carbons (Fsp3) is 0.148. The number of esters is 1. The number of methoxy groups -OCH3 is 1. The number of aryl methyl sites for hydroxylation is 1. The summed E-state index contributed by atoms with van der Waals surface area (Å²) in [5.74, 6) is -0.705. The van der Waals surface area contributed by atoms with Crippen LogP contribution in [-0.2, 0) is 11.2 Å². The molecule has 1 amide bonds. The summed E-state index contributed by atoms with van der Waals surface area (Å²) in [6, 6.07) is 24.9. The average Bonchev–Trinajstić information content (AvgIpc) is 3.26. The zero-order chi connectivity index (χ0) is 23.2. The van der Waals surface area contributed by atoms with E-state index in [1.54, 1.807) is 24.3 Å². The van der Waals surface area contributed by atoms with Crippen molar-refractivity contribution in [3.05, 3.63) is 94.9 Å². The zero-order valence-corrected chi connectivity index (χ0v) is 19.3. The second-order valence-corrected chi connectivity index (χ2v) is 8.59. The summed E-state index contributed by atoms with van der Waals surface area (Å²) in [6.45, 7) is 2.13. The van der Waals surface area contributed by atoms with Gasteiger partial charge in [-0.2, -0.15) is 0 Å². The summed E-state index contributed by atoms with van der Waals surface area (Å²) >= 11 is 1.50. The number of hydrogen-bond donors (Lipinski definition) is 1. The molecule has 0 fully saturated rings. The van der Waals surface area contributed by atoms with Gasteiger partial charge in [-0.25, -0.2) is 9.78 Å². The normalized spacial score (nSPS) is 10.6. The Labute approximate surface area is 197 Å². The predicted molar refractivity (Wildman–Crippen MR) is 133 cm³/mol. The van der Waals surface area contributed by atoms with Crippen LogP contribution in [0.15, 0.2) is 78.9 Å². The highest BCUT2D eigenvalue weighted by molar-refractivity contribution is 7.16. The number of thiazole rings is 1. The van der Waals surface area contributed by atoms with Gasteiger partial charge in [-0.1, -0.05) is 67.9 Å². The van der Waals surface area contributed by atoms with Gasteiger partial charge < -0.3 is 4.74 Å². The molecule has 6 heteroatoms.